The minimum atomic E-state index is -2.67. The molecule has 0 aromatic heterocycles. The van der Waals surface area contributed by atoms with Crippen LogP contribution < -0.4 is 42.7 Å². The summed E-state index contributed by atoms with van der Waals surface area (Å²) in [5, 5.41) is 29.8. The highest BCUT2D eigenvalue weighted by Gasteiger charge is 2.51. The van der Waals surface area contributed by atoms with E-state index >= 15 is 0 Å². The lowest BCUT2D eigenvalue weighted by Crippen LogP contribution is -2.67. The molecule has 1 aliphatic carbocycles. The summed E-state index contributed by atoms with van der Waals surface area (Å²) in [7, 11) is 0.224. The molecule has 7 aliphatic rings. The Bertz CT molecular complexity index is 3390. The lowest BCUT2D eigenvalue weighted by Gasteiger charge is -2.44. The number of carbonyl (C=O) groups is 7. The molecule has 25 heteroatoms. The van der Waals surface area contributed by atoms with Crippen LogP contribution in [-0.4, -0.2) is 207 Å². The summed E-state index contributed by atoms with van der Waals surface area (Å²) in [6, 6.07) is 22.2. The van der Waals surface area contributed by atoms with Crippen molar-refractivity contribution < 1.29 is 57.3 Å². The largest absolute Gasteiger partial charge is 0.439 e. The maximum absolute atomic E-state index is 14.2. The summed E-state index contributed by atoms with van der Waals surface area (Å²) in [4.78, 5) is 105. The monoisotopic (exact) mass is 1420 g/mol. The minimum absolute atomic E-state index is 0.0730. The van der Waals surface area contributed by atoms with Gasteiger partial charge in [-0.05, 0) is 110 Å². The van der Waals surface area contributed by atoms with Crippen molar-refractivity contribution in [2.75, 3.05) is 83.9 Å². The first-order valence-corrected chi connectivity index (χ1v) is 39.3. The van der Waals surface area contributed by atoms with Crippen LogP contribution in [0.3, 0.4) is 0 Å². The van der Waals surface area contributed by atoms with Gasteiger partial charge in [0.2, 0.25) is 29.3 Å². The number of guanidine groups is 1. The molecule has 2 aromatic carbocycles. The van der Waals surface area contributed by atoms with E-state index in [1.807, 2.05) is 18.7 Å². The molecule has 11 atom stereocenters. The van der Waals surface area contributed by atoms with Gasteiger partial charge in [-0.25, -0.2) is 9.79 Å². The molecule has 2 bridgehead atoms. The van der Waals surface area contributed by atoms with Crippen molar-refractivity contribution in [2.45, 2.75) is 166 Å². The number of nitrogens with one attached hydrogen (secondary N) is 5. The number of benzene rings is 2. The number of carbonyl (C=O) groups excluding carboxylic acids is 7. The summed E-state index contributed by atoms with van der Waals surface area (Å²) in [6.07, 6.45) is 10.6. The molecule has 99 heavy (non-hydrogen) atoms. The number of nitrogens with two attached hydrogens (primary N) is 1. The van der Waals surface area contributed by atoms with E-state index in [2.05, 4.69) is 124 Å². The van der Waals surface area contributed by atoms with E-state index in [4.69, 9.17) is 29.4 Å². The normalized spacial score (nSPS) is 28.1. The number of rotatable bonds is 24. The Morgan fingerprint density at radius 1 is 0.828 bits per heavy atom. The molecule has 5 amide bonds. The highest BCUT2D eigenvalue weighted by atomic mass is 32.2. The molecular weight excluding hydrogens is 1310 g/mol. The SMILES string of the molecule is CO[C@H]1/C=C\C=C(/C)C(=O)NC2=CC(=O)C(NCCCNC(=O)CCCN3C(=O)CC(SC[C@H]4CCN5CC[C@@H](CSC[C@H]6CCN7CC[C@H](CO[Si](c8ccccc8)(c8ccccc8)C(C)(C)C)N=C7N6)C=C5N4)C3=O)=C(C[C@@H](C)C[C@H](OC)[C@H](O)[C@@H](C)/C=C(\C)[C@@H]1OC(N)=O)C2=O. The Hall–Kier alpha value is -7.00. The average molecular weight is 1420 g/mol. The van der Waals surface area contributed by atoms with Crippen LogP contribution in [0.15, 0.2) is 136 Å². The number of methoxy groups -OCH3 is 2. The van der Waals surface area contributed by atoms with Gasteiger partial charge < -0.3 is 65.9 Å². The lowest BCUT2D eigenvalue weighted by atomic mass is 9.85. The van der Waals surface area contributed by atoms with E-state index in [0.29, 0.717) is 42.7 Å². The Kier molecular flexibility index (Phi) is 27.4. The Balaban J connectivity index is 0.696. The molecule has 22 nitrogen and oxygen atoms in total. The maximum atomic E-state index is 14.2. The third-order valence-electron chi connectivity index (χ3n) is 19.8. The smallest absolute Gasteiger partial charge is 0.405 e. The second-order valence-electron chi connectivity index (χ2n) is 28.3. The molecule has 9 rings (SSSR count). The van der Waals surface area contributed by atoms with Crippen LogP contribution in [0.5, 0.6) is 0 Å². The number of fused-ring (bicyclic) bond motifs is 4. The minimum Gasteiger partial charge on any atom is -0.439 e. The second kappa shape index (κ2) is 35.5. The predicted molar refractivity (Wildman–Crippen MR) is 391 cm³/mol. The van der Waals surface area contributed by atoms with Crippen molar-refractivity contribution in [3.63, 3.8) is 0 Å². The van der Waals surface area contributed by atoms with E-state index in [9.17, 15) is 38.7 Å². The van der Waals surface area contributed by atoms with E-state index in [1.54, 1.807) is 26.0 Å². The number of amides is 5. The van der Waals surface area contributed by atoms with Crippen molar-refractivity contribution in [2.24, 2.45) is 28.5 Å². The number of aliphatic hydroxyl groups excluding tert-OH is 1. The first kappa shape index (κ1) is 76.2. The number of hydrogen-bond donors (Lipinski definition) is 7. The Morgan fingerprint density at radius 3 is 2.20 bits per heavy atom. The molecule has 3 fully saturated rings. The zero-order valence-electron chi connectivity index (χ0n) is 59.1. The molecule has 538 valence electrons. The fourth-order valence-electron chi connectivity index (χ4n) is 14.4. The number of ether oxygens (including phenoxy) is 3. The number of ketones is 2. The van der Waals surface area contributed by atoms with Crippen LogP contribution in [-0.2, 0) is 47.4 Å². The third-order valence-corrected chi connectivity index (χ3v) is 27.5. The summed E-state index contributed by atoms with van der Waals surface area (Å²) in [5.41, 5.74) is 6.22. The van der Waals surface area contributed by atoms with Crippen molar-refractivity contribution >= 4 is 89.5 Å². The van der Waals surface area contributed by atoms with E-state index in [0.717, 1.165) is 75.4 Å². The molecule has 0 spiro atoms. The molecule has 3 saturated heterocycles. The number of aliphatic imine (C=N–C) groups is 1. The highest BCUT2D eigenvalue weighted by Crippen LogP contribution is 2.38. The first-order chi connectivity index (χ1) is 47.5. The molecule has 6 heterocycles. The van der Waals surface area contributed by atoms with Crippen LogP contribution in [0.1, 0.15) is 113 Å². The van der Waals surface area contributed by atoms with Gasteiger partial charge in [0, 0.05) is 120 Å². The van der Waals surface area contributed by atoms with Gasteiger partial charge in [0.15, 0.2) is 12.1 Å². The highest BCUT2D eigenvalue weighted by molar-refractivity contribution is 8.00. The topological polar surface area (TPSA) is 285 Å². The van der Waals surface area contributed by atoms with Crippen molar-refractivity contribution in [3.8, 4) is 0 Å². The van der Waals surface area contributed by atoms with Crippen molar-refractivity contribution in [3.05, 3.63) is 131 Å². The summed E-state index contributed by atoms with van der Waals surface area (Å²) in [6.45, 7) is 19.0. The van der Waals surface area contributed by atoms with Crippen LogP contribution in [0.2, 0.25) is 5.04 Å². The maximum Gasteiger partial charge on any atom is 0.405 e. The number of Topliss-reactive ketones (excluding diaryl/α,β-unsaturated/α-hetero) is 1. The van der Waals surface area contributed by atoms with Gasteiger partial charge in [-0.3, -0.25) is 33.7 Å². The van der Waals surface area contributed by atoms with Gasteiger partial charge in [-0.1, -0.05) is 120 Å². The van der Waals surface area contributed by atoms with Crippen molar-refractivity contribution in [1.29, 1.82) is 0 Å². The van der Waals surface area contributed by atoms with Crippen molar-refractivity contribution in [1.82, 2.24) is 41.3 Å². The second-order valence-corrected chi connectivity index (χ2v) is 34.9. The molecular formula is C74H104N10O12S2Si. The molecule has 1 unspecified atom stereocenters. The fourth-order valence-corrected chi connectivity index (χ4v) is 21.4. The zero-order valence-corrected chi connectivity index (χ0v) is 61.7. The number of likely N-dealkylation sites (tertiary alicyclic amines) is 1. The standard InChI is InChI=1S/C74H104N10O12S2Si/c1-47-37-57-66(59(85)41-58(68(57)89)81-70(90)48(2)19-16-24-60(93-8)69(96-72(75)92)50(4)39-49(3)67(88)61(38-47)94-9)77-31-18-30-76-64(86)25-17-32-84-65(87)42-62(71(84)91)98-46-54-28-34-82-33-26-51(40-63(82)78-54)44-97-45-53-29-36-83-35-27-52(79-73(83)80-53)43-95-99(74(5,6)7,55-20-12-10-13-21-55)56-22-14-11-15-23-56/h10-16,19-24,39-41,47,49,51-54,60-62,67,69,77-78,88H,17-18,25-38,42-46H2,1-9H3,(H2,75,92)(H,76,86)(H,79,80)(H,81,90)/b24-16-,48-19+,50-39+/t47-,49+,51-,52-,53-,54-,60+,61+,62?,67-,69+/m1/s1. The van der Waals surface area contributed by atoms with Gasteiger partial charge in [-0.2, -0.15) is 11.8 Å². The van der Waals surface area contributed by atoms with Crippen LogP contribution in [0, 0.1) is 17.8 Å². The van der Waals surface area contributed by atoms with Crippen LogP contribution in [0.4, 0.5) is 4.79 Å². The van der Waals surface area contributed by atoms with Gasteiger partial charge in [0.1, 0.15) is 6.10 Å². The summed E-state index contributed by atoms with van der Waals surface area (Å²) in [5.74, 6) is 2.16. The first-order valence-electron chi connectivity index (χ1n) is 35.2. The van der Waals surface area contributed by atoms with E-state index in [-0.39, 0.29) is 109 Å². The van der Waals surface area contributed by atoms with Gasteiger partial charge in [-0.15, -0.1) is 11.8 Å². The summed E-state index contributed by atoms with van der Waals surface area (Å²) < 4.78 is 24.2. The quantitative estimate of drug-likeness (QED) is 0.0205. The third kappa shape index (κ3) is 19.8. The van der Waals surface area contributed by atoms with E-state index in [1.165, 1.54) is 66.2 Å². The number of imide groups is 1. The number of nitrogens with zero attached hydrogens (tertiary/aromatic N) is 4. The number of thioether (sulfide) groups is 2. The Labute approximate surface area is 593 Å². The predicted octanol–water partition coefficient (Wildman–Crippen LogP) is 6.13. The summed E-state index contributed by atoms with van der Waals surface area (Å²) >= 11 is 3.55. The fraction of sp³-hybridized carbons (Fsp3) is 0.568. The number of aliphatic hydroxyl groups is 1. The number of primary amides is 1. The van der Waals surface area contributed by atoms with Gasteiger partial charge in [0.25, 0.3) is 14.2 Å². The van der Waals surface area contributed by atoms with Crippen LogP contribution >= 0.6 is 23.5 Å². The lowest BCUT2D eigenvalue weighted by molar-refractivity contribution is -0.138. The molecule has 8 N–H and O–H groups in total. The van der Waals surface area contributed by atoms with Gasteiger partial charge in [0.05, 0.1) is 47.3 Å². The average Bonchev–Trinajstić information content (AvgIpc) is 1.21. The molecule has 6 aliphatic heterocycles. The molecule has 0 radical (unpaired) electrons. The molecule has 2 aromatic rings. The number of hydrogen-bond acceptors (Lipinski definition) is 20. The zero-order chi connectivity index (χ0) is 71.0. The molecule has 0 saturated carbocycles. The van der Waals surface area contributed by atoms with E-state index < -0.39 is 67.5 Å². The van der Waals surface area contributed by atoms with Crippen LogP contribution in [0.25, 0.3) is 0 Å². The van der Waals surface area contributed by atoms with Gasteiger partial charge >= 0.3 is 6.09 Å². The number of allylic oxidation sites excluding steroid dienone is 5. The Morgan fingerprint density at radius 2 is 1.52 bits per heavy atom.